The highest BCUT2D eigenvalue weighted by Crippen LogP contribution is 2.21. The Morgan fingerprint density at radius 2 is 1.84 bits per heavy atom. The molecule has 1 aromatic heterocycles. The van der Waals surface area contributed by atoms with E-state index in [1.165, 1.54) is 16.8 Å². The van der Waals surface area contributed by atoms with Crippen molar-refractivity contribution in [1.82, 2.24) is 14.8 Å². The Labute approximate surface area is 110 Å². The van der Waals surface area contributed by atoms with Crippen molar-refractivity contribution in [2.24, 2.45) is 5.73 Å². The number of rotatable bonds is 3. The summed E-state index contributed by atoms with van der Waals surface area (Å²) >= 11 is 0. The van der Waals surface area contributed by atoms with E-state index >= 15 is 0 Å². The number of aryl methyl sites for hydroxylation is 2. The Kier molecular flexibility index (Phi) is 3.61. The fourth-order valence-electron chi connectivity index (χ4n) is 2.04. The van der Waals surface area contributed by atoms with Gasteiger partial charge in [0.25, 0.3) is 0 Å². The molecule has 2 rings (SSSR count). The largest absolute Gasteiger partial charge is 0.328 e. The van der Waals surface area contributed by atoms with Crippen molar-refractivity contribution in [1.29, 1.82) is 0 Å². The number of hydrogen-bond acceptors (Lipinski definition) is 3. The molecule has 0 aliphatic heterocycles. The van der Waals surface area contributed by atoms with Crippen molar-refractivity contribution in [3.8, 4) is 5.69 Å². The third-order valence-electron chi connectivity index (χ3n) is 2.72. The summed E-state index contributed by atoms with van der Waals surface area (Å²) in [6.07, 6.45) is 0.420. The molecule has 1 heterocycles. The van der Waals surface area contributed by atoms with Crippen LogP contribution in [0, 0.1) is 25.5 Å². The number of halogens is 2. The molecule has 6 heteroatoms. The first-order valence-corrected chi connectivity index (χ1v) is 6.02. The van der Waals surface area contributed by atoms with Crippen LogP contribution in [-0.4, -0.2) is 20.8 Å². The van der Waals surface area contributed by atoms with E-state index in [2.05, 4.69) is 10.1 Å². The van der Waals surface area contributed by atoms with Gasteiger partial charge in [0.15, 0.2) is 11.6 Å². The van der Waals surface area contributed by atoms with Gasteiger partial charge in [-0.2, -0.15) is 5.10 Å². The maximum Gasteiger partial charge on any atom is 0.152 e. The first-order chi connectivity index (χ1) is 8.88. The van der Waals surface area contributed by atoms with Crippen LogP contribution in [0.15, 0.2) is 12.1 Å². The first-order valence-electron chi connectivity index (χ1n) is 6.02. The first kappa shape index (κ1) is 13.6. The molecular formula is C13H16F2N4. The summed E-state index contributed by atoms with van der Waals surface area (Å²) in [4.78, 5) is 4.04. The standard InChI is InChI=1S/C13H16F2N4/c1-7(16)4-10-5-11(14)13(12(15)6-10)19-9(3)17-8(2)18-19/h5-7H,4,16H2,1-3H3. The normalized spacial score (nSPS) is 12.7. The van der Waals surface area contributed by atoms with Crippen molar-refractivity contribution >= 4 is 0 Å². The minimum Gasteiger partial charge on any atom is -0.328 e. The van der Waals surface area contributed by atoms with E-state index in [0.717, 1.165) is 0 Å². The van der Waals surface area contributed by atoms with Gasteiger partial charge in [0, 0.05) is 6.04 Å². The average molecular weight is 266 g/mol. The van der Waals surface area contributed by atoms with Gasteiger partial charge < -0.3 is 5.73 Å². The Bertz CT molecular complexity index is 582. The lowest BCUT2D eigenvalue weighted by atomic mass is 10.1. The van der Waals surface area contributed by atoms with Gasteiger partial charge in [-0.05, 0) is 44.9 Å². The van der Waals surface area contributed by atoms with Crippen LogP contribution in [0.3, 0.4) is 0 Å². The molecule has 0 fully saturated rings. The topological polar surface area (TPSA) is 56.7 Å². The van der Waals surface area contributed by atoms with Crippen molar-refractivity contribution in [3.05, 3.63) is 41.0 Å². The fourth-order valence-corrected chi connectivity index (χ4v) is 2.04. The van der Waals surface area contributed by atoms with Gasteiger partial charge in [0.05, 0.1) is 0 Å². The number of aromatic nitrogens is 3. The van der Waals surface area contributed by atoms with E-state index in [-0.39, 0.29) is 11.7 Å². The summed E-state index contributed by atoms with van der Waals surface area (Å²) in [5.74, 6) is -0.418. The number of benzene rings is 1. The van der Waals surface area contributed by atoms with Gasteiger partial charge in [0.2, 0.25) is 0 Å². The molecule has 2 aromatic rings. The van der Waals surface area contributed by atoms with Crippen LogP contribution in [0.4, 0.5) is 8.78 Å². The third kappa shape index (κ3) is 2.78. The lowest BCUT2D eigenvalue weighted by Crippen LogP contribution is -2.18. The molecule has 0 spiro atoms. The molecule has 0 aliphatic rings. The summed E-state index contributed by atoms with van der Waals surface area (Å²) in [5.41, 5.74) is 5.96. The predicted molar refractivity (Wildman–Crippen MR) is 68.1 cm³/mol. The summed E-state index contributed by atoms with van der Waals surface area (Å²) in [6.45, 7) is 5.10. The van der Waals surface area contributed by atoms with Crippen LogP contribution in [0.25, 0.3) is 5.69 Å². The average Bonchev–Trinajstić information content (AvgIpc) is 2.55. The quantitative estimate of drug-likeness (QED) is 0.925. The lowest BCUT2D eigenvalue weighted by molar-refractivity contribution is 0.551. The smallest absolute Gasteiger partial charge is 0.152 e. The molecule has 2 N–H and O–H groups in total. The molecule has 0 radical (unpaired) electrons. The molecule has 1 unspecified atom stereocenters. The summed E-state index contributed by atoms with van der Waals surface area (Å²) in [7, 11) is 0. The van der Waals surface area contributed by atoms with Gasteiger partial charge >= 0.3 is 0 Å². The highest BCUT2D eigenvalue weighted by Gasteiger charge is 2.17. The zero-order valence-electron chi connectivity index (χ0n) is 11.1. The second kappa shape index (κ2) is 5.05. The maximum absolute atomic E-state index is 14.1. The second-order valence-corrected chi connectivity index (χ2v) is 4.71. The van der Waals surface area contributed by atoms with Crippen LogP contribution in [0.2, 0.25) is 0 Å². The molecule has 4 nitrogen and oxygen atoms in total. The van der Waals surface area contributed by atoms with E-state index in [1.807, 2.05) is 0 Å². The maximum atomic E-state index is 14.1. The minimum atomic E-state index is -0.663. The summed E-state index contributed by atoms with van der Waals surface area (Å²) in [5, 5.41) is 3.99. The Morgan fingerprint density at radius 3 is 2.26 bits per heavy atom. The highest BCUT2D eigenvalue weighted by molar-refractivity contribution is 5.38. The second-order valence-electron chi connectivity index (χ2n) is 4.71. The molecule has 0 bridgehead atoms. The van der Waals surface area contributed by atoms with Gasteiger partial charge in [-0.25, -0.2) is 18.4 Å². The number of nitrogens with zero attached hydrogens (tertiary/aromatic N) is 3. The molecule has 0 saturated carbocycles. The van der Waals surface area contributed by atoms with Crippen molar-refractivity contribution in [3.63, 3.8) is 0 Å². The SMILES string of the molecule is Cc1nc(C)n(-c2c(F)cc(CC(C)N)cc2F)n1. The van der Waals surface area contributed by atoms with Crippen molar-refractivity contribution in [2.75, 3.05) is 0 Å². The molecule has 0 saturated heterocycles. The van der Waals surface area contributed by atoms with Crippen molar-refractivity contribution < 1.29 is 8.78 Å². The summed E-state index contributed by atoms with van der Waals surface area (Å²) in [6, 6.07) is 2.43. The van der Waals surface area contributed by atoms with Gasteiger partial charge in [-0.15, -0.1) is 0 Å². The molecule has 0 amide bonds. The predicted octanol–water partition coefficient (Wildman–Crippen LogP) is 2.05. The molecule has 1 aromatic carbocycles. The number of hydrogen-bond donors (Lipinski definition) is 1. The lowest BCUT2D eigenvalue weighted by Gasteiger charge is -2.10. The number of nitrogens with two attached hydrogens (primary N) is 1. The molecule has 102 valence electrons. The van der Waals surface area contributed by atoms with Crippen LogP contribution >= 0.6 is 0 Å². The van der Waals surface area contributed by atoms with Crippen LogP contribution in [-0.2, 0) is 6.42 Å². The van der Waals surface area contributed by atoms with E-state index in [0.29, 0.717) is 23.6 Å². The van der Waals surface area contributed by atoms with E-state index < -0.39 is 11.6 Å². The summed E-state index contributed by atoms with van der Waals surface area (Å²) < 4.78 is 29.3. The monoisotopic (exact) mass is 266 g/mol. The highest BCUT2D eigenvalue weighted by atomic mass is 19.1. The zero-order chi connectivity index (χ0) is 14.2. The van der Waals surface area contributed by atoms with E-state index in [4.69, 9.17) is 5.73 Å². The van der Waals surface area contributed by atoms with Gasteiger partial charge in [-0.1, -0.05) is 0 Å². The molecule has 0 aliphatic carbocycles. The van der Waals surface area contributed by atoms with E-state index in [1.54, 1.807) is 20.8 Å². The molecule has 1 atom stereocenters. The Hall–Kier alpha value is -1.82. The van der Waals surface area contributed by atoms with Gasteiger partial charge in [-0.3, -0.25) is 0 Å². The Morgan fingerprint density at radius 1 is 1.26 bits per heavy atom. The van der Waals surface area contributed by atoms with Crippen LogP contribution in [0.5, 0.6) is 0 Å². The van der Waals surface area contributed by atoms with Crippen LogP contribution < -0.4 is 5.73 Å². The van der Waals surface area contributed by atoms with Gasteiger partial charge in [0.1, 0.15) is 17.3 Å². The molecule has 19 heavy (non-hydrogen) atoms. The third-order valence-corrected chi connectivity index (χ3v) is 2.72. The Balaban J connectivity index is 2.50. The zero-order valence-corrected chi connectivity index (χ0v) is 11.1. The molecular weight excluding hydrogens is 250 g/mol. The van der Waals surface area contributed by atoms with Crippen molar-refractivity contribution in [2.45, 2.75) is 33.2 Å². The fraction of sp³-hybridized carbons (Fsp3) is 0.385. The van der Waals surface area contributed by atoms with Crippen LogP contribution in [0.1, 0.15) is 24.1 Å². The van der Waals surface area contributed by atoms with E-state index in [9.17, 15) is 8.78 Å². The minimum absolute atomic E-state index is 0.153.